The zero-order valence-corrected chi connectivity index (χ0v) is 19.6. The van der Waals surface area contributed by atoms with Crippen LogP contribution in [-0.2, 0) is 6.61 Å². The number of hydrogen-bond acceptors (Lipinski definition) is 7. The zero-order valence-electron chi connectivity index (χ0n) is 18.8. The number of aromatic nitrogens is 3. The van der Waals surface area contributed by atoms with Crippen LogP contribution >= 0.6 is 11.3 Å². The third kappa shape index (κ3) is 5.58. The number of nitrogens with zero attached hydrogens (tertiary/aromatic N) is 4. The van der Waals surface area contributed by atoms with Crippen LogP contribution in [-0.4, -0.2) is 33.1 Å². The largest absolute Gasteiger partial charge is 0.469 e. The molecule has 4 aromatic rings. The minimum Gasteiger partial charge on any atom is -0.469 e. The van der Waals surface area contributed by atoms with Gasteiger partial charge in [0, 0.05) is 47.6 Å². The average Bonchev–Trinajstić information content (AvgIpc) is 3.59. The highest BCUT2D eigenvalue weighted by molar-refractivity contribution is 7.09. The van der Waals surface area contributed by atoms with Gasteiger partial charge in [0.05, 0.1) is 11.0 Å². The molecule has 0 radical (unpaired) electrons. The van der Waals surface area contributed by atoms with Gasteiger partial charge < -0.3 is 10.1 Å². The maximum atomic E-state index is 13.5. The maximum absolute atomic E-state index is 13.5. The van der Waals surface area contributed by atoms with Crippen LogP contribution in [0.15, 0.2) is 71.3 Å². The van der Waals surface area contributed by atoms with E-state index in [9.17, 15) is 9.18 Å². The van der Waals surface area contributed by atoms with Crippen LogP contribution in [0.3, 0.4) is 0 Å². The van der Waals surface area contributed by atoms with Gasteiger partial charge in [0.2, 0.25) is 5.88 Å². The summed E-state index contributed by atoms with van der Waals surface area (Å²) in [7, 11) is 0. The molecule has 0 unspecified atom stereocenters. The van der Waals surface area contributed by atoms with Crippen molar-refractivity contribution in [3.05, 3.63) is 82.7 Å². The summed E-state index contributed by atoms with van der Waals surface area (Å²) in [5.74, 6) is -0.198. The summed E-state index contributed by atoms with van der Waals surface area (Å²) in [5, 5.41) is 5.63. The second kappa shape index (κ2) is 10.5. The molecular weight excluding hydrogens is 465 g/mol. The highest BCUT2D eigenvalue weighted by Crippen LogP contribution is 2.30. The van der Waals surface area contributed by atoms with Gasteiger partial charge in [-0.1, -0.05) is 6.08 Å². The van der Waals surface area contributed by atoms with Gasteiger partial charge in [-0.2, -0.15) is 0 Å². The lowest BCUT2D eigenvalue weighted by molar-refractivity contribution is 0.0953. The molecular formula is C26H22FN5O2S. The molecule has 0 fully saturated rings. The summed E-state index contributed by atoms with van der Waals surface area (Å²) < 4.78 is 19.5. The molecule has 2 aromatic heterocycles. The predicted octanol–water partition coefficient (Wildman–Crippen LogP) is 5.34. The molecule has 1 amide bonds. The fourth-order valence-electron chi connectivity index (χ4n) is 3.69. The van der Waals surface area contributed by atoms with Gasteiger partial charge >= 0.3 is 0 Å². The van der Waals surface area contributed by atoms with Crippen LogP contribution in [0.5, 0.6) is 5.88 Å². The third-order valence-electron chi connectivity index (χ3n) is 5.47. The van der Waals surface area contributed by atoms with Crippen LogP contribution in [0.2, 0.25) is 0 Å². The molecule has 7 nitrogen and oxygen atoms in total. The van der Waals surface area contributed by atoms with Gasteiger partial charge in [-0.15, -0.1) is 11.3 Å². The highest BCUT2D eigenvalue weighted by atomic mass is 32.1. The number of thiazole rings is 1. The number of carbonyl (C=O) groups excluding carboxylic acids is 1. The molecule has 35 heavy (non-hydrogen) atoms. The van der Waals surface area contributed by atoms with E-state index in [1.165, 1.54) is 23.5 Å². The number of benzene rings is 2. The second-order valence-electron chi connectivity index (χ2n) is 7.95. The Morgan fingerprint density at radius 2 is 2.00 bits per heavy atom. The molecule has 0 bridgehead atoms. The molecule has 1 N–H and O–H groups in total. The average molecular weight is 488 g/mol. The number of amides is 1. The van der Waals surface area contributed by atoms with Gasteiger partial charge in [0.15, 0.2) is 0 Å². The molecule has 0 spiro atoms. The van der Waals surface area contributed by atoms with E-state index in [4.69, 9.17) is 9.72 Å². The summed E-state index contributed by atoms with van der Waals surface area (Å²) in [5.41, 5.74) is 3.90. The SMILES string of the molecule is O=C(NCCCC1=NC=CC1)c1ccc2nc(OCc3nccs3)c(-c3ccc(F)cc3)nc2c1. The van der Waals surface area contributed by atoms with E-state index in [0.29, 0.717) is 40.3 Å². The quantitative estimate of drug-likeness (QED) is 0.322. The molecule has 1 aliphatic rings. The Morgan fingerprint density at radius 1 is 1.11 bits per heavy atom. The number of hydrogen-bond donors (Lipinski definition) is 1. The lowest BCUT2D eigenvalue weighted by atomic mass is 10.1. The number of ether oxygens (including phenoxy) is 1. The van der Waals surface area contributed by atoms with Crippen molar-refractivity contribution in [1.29, 1.82) is 0 Å². The fraction of sp³-hybridized carbons (Fsp3) is 0.192. The monoisotopic (exact) mass is 487 g/mol. The van der Waals surface area contributed by atoms with E-state index in [0.717, 1.165) is 30.0 Å². The van der Waals surface area contributed by atoms with Crippen molar-refractivity contribution in [1.82, 2.24) is 20.3 Å². The summed E-state index contributed by atoms with van der Waals surface area (Å²) in [6.07, 6.45) is 8.14. The third-order valence-corrected chi connectivity index (χ3v) is 6.22. The first kappa shape index (κ1) is 22.8. The Balaban J connectivity index is 1.37. The zero-order chi connectivity index (χ0) is 24.0. The standard InChI is InChI=1S/C26H22FN5O2S/c27-19-8-5-17(6-9-19)24-26(34-16-23-29-13-14-35-23)32-21-10-7-18(15-22(21)31-24)25(33)30-12-2-4-20-3-1-11-28-20/h1,5-11,13-15H,2-4,12,16H2,(H,30,33). The number of fused-ring (bicyclic) bond motifs is 1. The van der Waals surface area contributed by atoms with Crippen LogP contribution in [0.25, 0.3) is 22.3 Å². The van der Waals surface area contributed by atoms with Gasteiger partial charge in [0.1, 0.15) is 23.1 Å². The van der Waals surface area contributed by atoms with Crippen molar-refractivity contribution in [3.8, 4) is 17.1 Å². The molecule has 5 rings (SSSR count). The smallest absolute Gasteiger partial charge is 0.251 e. The van der Waals surface area contributed by atoms with E-state index in [1.54, 1.807) is 36.5 Å². The lowest BCUT2D eigenvalue weighted by Gasteiger charge is -2.12. The minimum atomic E-state index is -0.344. The van der Waals surface area contributed by atoms with Crippen LogP contribution in [0.4, 0.5) is 4.39 Å². The molecule has 0 saturated carbocycles. The lowest BCUT2D eigenvalue weighted by Crippen LogP contribution is -2.24. The molecule has 2 aromatic carbocycles. The van der Waals surface area contributed by atoms with Crippen molar-refractivity contribution in [2.24, 2.45) is 4.99 Å². The number of aliphatic imine (C=N–C) groups is 1. The van der Waals surface area contributed by atoms with Crippen molar-refractivity contribution in [3.63, 3.8) is 0 Å². The van der Waals surface area contributed by atoms with E-state index in [2.05, 4.69) is 20.3 Å². The molecule has 9 heteroatoms. The predicted molar refractivity (Wildman–Crippen MR) is 134 cm³/mol. The van der Waals surface area contributed by atoms with E-state index >= 15 is 0 Å². The second-order valence-corrected chi connectivity index (χ2v) is 8.93. The van der Waals surface area contributed by atoms with E-state index in [1.807, 2.05) is 17.7 Å². The summed E-state index contributed by atoms with van der Waals surface area (Å²) in [4.78, 5) is 30.6. The minimum absolute atomic E-state index is 0.174. The van der Waals surface area contributed by atoms with Crippen molar-refractivity contribution in [2.45, 2.75) is 25.9 Å². The Hall–Kier alpha value is -3.98. The Kier molecular flexibility index (Phi) is 6.85. The first-order valence-electron chi connectivity index (χ1n) is 11.2. The molecule has 0 saturated heterocycles. The molecule has 1 aliphatic heterocycles. The number of allylic oxidation sites excluding steroid dienone is 1. The van der Waals surface area contributed by atoms with Crippen molar-refractivity contribution >= 4 is 34.0 Å². The van der Waals surface area contributed by atoms with Crippen molar-refractivity contribution in [2.75, 3.05) is 6.54 Å². The Morgan fingerprint density at radius 3 is 2.77 bits per heavy atom. The number of halogens is 1. The first-order valence-corrected chi connectivity index (χ1v) is 12.1. The Bertz CT molecular complexity index is 1400. The van der Waals surface area contributed by atoms with Crippen molar-refractivity contribution < 1.29 is 13.9 Å². The van der Waals surface area contributed by atoms with E-state index < -0.39 is 0 Å². The Labute approximate surface area is 205 Å². The van der Waals surface area contributed by atoms with Gasteiger partial charge in [-0.25, -0.2) is 19.3 Å². The van der Waals surface area contributed by atoms with Crippen LogP contribution in [0, 0.1) is 5.82 Å². The number of nitrogens with one attached hydrogen (secondary N) is 1. The van der Waals surface area contributed by atoms with Gasteiger partial charge in [-0.3, -0.25) is 9.79 Å². The number of carbonyl (C=O) groups is 1. The van der Waals surface area contributed by atoms with Crippen LogP contribution < -0.4 is 10.1 Å². The number of rotatable bonds is 9. The van der Waals surface area contributed by atoms with Crippen LogP contribution in [0.1, 0.15) is 34.6 Å². The summed E-state index contributed by atoms with van der Waals surface area (Å²) in [6.45, 7) is 0.807. The topological polar surface area (TPSA) is 89.4 Å². The fourth-order valence-corrected chi connectivity index (χ4v) is 4.22. The molecule has 0 atom stereocenters. The highest BCUT2D eigenvalue weighted by Gasteiger charge is 2.15. The van der Waals surface area contributed by atoms with E-state index in [-0.39, 0.29) is 18.3 Å². The first-order chi connectivity index (χ1) is 17.2. The molecule has 176 valence electrons. The van der Waals surface area contributed by atoms with Gasteiger partial charge in [-0.05, 0) is 55.3 Å². The van der Waals surface area contributed by atoms with Gasteiger partial charge in [0.25, 0.3) is 5.91 Å². The maximum Gasteiger partial charge on any atom is 0.251 e. The molecule has 0 aliphatic carbocycles. The molecule has 3 heterocycles. The normalized spacial score (nSPS) is 12.7. The summed E-state index contributed by atoms with van der Waals surface area (Å²) in [6, 6.07) is 11.2. The summed E-state index contributed by atoms with van der Waals surface area (Å²) >= 11 is 1.48.